The maximum absolute atomic E-state index is 11.4. The number of likely N-dealkylation sites (N-methyl/N-ethyl adjacent to an activating group) is 1. The molecule has 1 aromatic carbocycles. The van der Waals surface area contributed by atoms with Crippen molar-refractivity contribution in [3.63, 3.8) is 0 Å². The summed E-state index contributed by atoms with van der Waals surface area (Å²) < 4.78 is 30.8. The van der Waals surface area contributed by atoms with Crippen LogP contribution < -0.4 is 20.1 Å². The van der Waals surface area contributed by atoms with Crippen LogP contribution in [0.5, 0.6) is 5.75 Å². The van der Waals surface area contributed by atoms with E-state index in [0.29, 0.717) is 11.4 Å². The van der Waals surface area contributed by atoms with E-state index in [-0.39, 0.29) is 12.5 Å². The molecule has 116 valence electrons. The van der Waals surface area contributed by atoms with E-state index < -0.39 is 10.0 Å². The third-order valence-electron chi connectivity index (χ3n) is 3.11. The van der Waals surface area contributed by atoms with Crippen LogP contribution in [0, 0.1) is 0 Å². The molecule has 1 amide bonds. The lowest BCUT2D eigenvalue weighted by atomic mass is 10.0. The Kier molecular flexibility index (Phi) is 4.56. The lowest BCUT2D eigenvalue weighted by Crippen LogP contribution is -2.25. The number of carbonyl (C=O) groups is 1. The normalized spacial score (nSPS) is 13.8. The first-order chi connectivity index (χ1) is 9.90. The zero-order chi connectivity index (χ0) is 15.5. The van der Waals surface area contributed by atoms with Crippen molar-refractivity contribution in [2.75, 3.05) is 36.5 Å². The second-order valence-electron chi connectivity index (χ2n) is 4.83. The molecule has 0 atom stereocenters. The van der Waals surface area contributed by atoms with Crippen molar-refractivity contribution in [3.8, 4) is 5.75 Å². The second-order valence-corrected chi connectivity index (χ2v) is 6.58. The average molecular weight is 313 g/mol. The zero-order valence-corrected chi connectivity index (χ0v) is 12.8. The molecule has 2 rings (SSSR count). The molecule has 1 aliphatic heterocycles. The minimum absolute atomic E-state index is 0.0799. The Morgan fingerprint density at radius 2 is 2.19 bits per heavy atom. The van der Waals surface area contributed by atoms with Crippen LogP contribution in [-0.4, -0.2) is 40.8 Å². The van der Waals surface area contributed by atoms with E-state index in [1.165, 1.54) is 0 Å². The van der Waals surface area contributed by atoms with Crippen molar-refractivity contribution in [2.45, 2.75) is 12.8 Å². The van der Waals surface area contributed by atoms with Crippen molar-refractivity contribution in [2.24, 2.45) is 0 Å². The summed E-state index contributed by atoms with van der Waals surface area (Å²) in [5.41, 5.74) is 2.16. The number of fused-ring (bicyclic) bond motifs is 1. The smallest absolute Gasteiger partial charge is 0.257 e. The number of carbonyl (C=O) groups excluding carboxylic acids is 1. The van der Waals surface area contributed by atoms with Gasteiger partial charge in [-0.1, -0.05) is 0 Å². The van der Waals surface area contributed by atoms with Gasteiger partial charge < -0.3 is 15.4 Å². The summed E-state index contributed by atoms with van der Waals surface area (Å²) in [5.74, 6) is 0.324. The number of sulfonamides is 1. The highest BCUT2D eigenvalue weighted by atomic mass is 32.2. The lowest BCUT2D eigenvalue weighted by Gasteiger charge is -2.24. The molecule has 1 aromatic rings. The molecule has 0 radical (unpaired) electrons. The van der Waals surface area contributed by atoms with Gasteiger partial charge in [0.2, 0.25) is 10.0 Å². The minimum atomic E-state index is -3.34. The second kappa shape index (κ2) is 6.21. The fourth-order valence-electron chi connectivity index (χ4n) is 2.19. The Hall–Kier alpha value is -1.96. The standard InChI is InChI=1S/C13H19N3O4S/c1-14-12(17)8-20-11-6-5-10(16-21(2,18)19)9-4-3-7-15-13(9)11/h5-6,15-16H,3-4,7-8H2,1-2H3,(H,14,17). The summed E-state index contributed by atoms with van der Waals surface area (Å²) in [4.78, 5) is 11.3. The quantitative estimate of drug-likeness (QED) is 0.737. The van der Waals surface area contributed by atoms with Gasteiger partial charge >= 0.3 is 0 Å². The number of anilines is 2. The summed E-state index contributed by atoms with van der Waals surface area (Å²) >= 11 is 0. The summed E-state index contributed by atoms with van der Waals surface area (Å²) in [6, 6.07) is 3.32. The highest BCUT2D eigenvalue weighted by Crippen LogP contribution is 2.37. The molecule has 0 bridgehead atoms. The molecule has 0 spiro atoms. The molecule has 21 heavy (non-hydrogen) atoms. The van der Waals surface area contributed by atoms with Gasteiger partial charge in [-0.05, 0) is 25.0 Å². The van der Waals surface area contributed by atoms with Crippen LogP contribution in [0.2, 0.25) is 0 Å². The predicted octanol–water partition coefficient (Wildman–Crippen LogP) is 0.541. The zero-order valence-electron chi connectivity index (χ0n) is 12.0. The molecule has 0 fully saturated rings. The molecule has 0 aliphatic carbocycles. The van der Waals surface area contributed by atoms with Crippen LogP contribution >= 0.6 is 0 Å². The molecule has 1 aliphatic rings. The van der Waals surface area contributed by atoms with Crippen molar-refractivity contribution in [1.82, 2.24) is 5.32 Å². The largest absolute Gasteiger partial charge is 0.482 e. The fourth-order valence-corrected chi connectivity index (χ4v) is 2.78. The summed E-state index contributed by atoms with van der Waals surface area (Å²) in [7, 11) is -1.80. The summed E-state index contributed by atoms with van der Waals surface area (Å²) in [6.07, 6.45) is 2.77. The molecular formula is C13H19N3O4S. The van der Waals surface area contributed by atoms with Crippen LogP contribution in [0.15, 0.2) is 12.1 Å². The Bertz CT molecular complexity index is 643. The summed E-state index contributed by atoms with van der Waals surface area (Å²) in [5, 5.41) is 5.69. The minimum Gasteiger partial charge on any atom is -0.482 e. The first kappa shape index (κ1) is 15.4. The average Bonchev–Trinajstić information content (AvgIpc) is 2.44. The Balaban J connectivity index is 2.30. The maximum atomic E-state index is 11.4. The van der Waals surface area contributed by atoms with E-state index in [0.717, 1.165) is 36.9 Å². The number of hydrogen-bond donors (Lipinski definition) is 3. The first-order valence-electron chi connectivity index (χ1n) is 6.61. The third-order valence-corrected chi connectivity index (χ3v) is 3.70. The molecule has 0 saturated heterocycles. The van der Waals surface area contributed by atoms with Gasteiger partial charge in [-0.15, -0.1) is 0 Å². The lowest BCUT2D eigenvalue weighted by molar-refractivity contribution is -0.122. The Labute approximate surface area is 124 Å². The summed E-state index contributed by atoms with van der Waals surface area (Å²) in [6.45, 7) is 0.704. The number of amides is 1. The number of hydrogen-bond acceptors (Lipinski definition) is 5. The molecular weight excluding hydrogens is 294 g/mol. The molecule has 0 saturated carbocycles. The van der Waals surface area contributed by atoms with E-state index in [1.807, 2.05) is 0 Å². The Morgan fingerprint density at radius 3 is 2.86 bits per heavy atom. The van der Waals surface area contributed by atoms with Crippen LogP contribution in [0.1, 0.15) is 12.0 Å². The van der Waals surface area contributed by atoms with Gasteiger partial charge in [0.15, 0.2) is 6.61 Å². The molecule has 0 unspecified atom stereocenters. The molecule has 1 heterocycles. The van der Waals surface area contributed by atoms with Crippen molar-refractivity contribution in [3.05, 3.63) is 17.7 Å². The number of nitrogens with one attached hydrogen (secondary N) is 3. The third kappa shape index (κ3) is 4.01. The van der Waals surface area contributed by atoms with Gasteiger partial charge in [-0.25, -0.2) is 8.42 Å². The topological polar surface area (TPSA) is 96.5 Å². The first-order valence-corrected chi connectivity index (χ1v) is 8.51. The van der Waals surface area contributed by atoms with Gasteiger partial charge in [0.05, 0.1) is 17.6 Å². The van der Waals surface area contributed by atoms with E-state index in [4.69, 9.17) is 4.74 Å². The van der Waals surface area contributed by atoms with E-state index in [2.05, 4.69) is 15.4 Å². The van der Waals surface area contributed by atoms with Crippen LogP contribution in [0.4, 0.5) is 11.4 Å². The van der Waals surface area contributed by atoms with Crippen LogP contribution in [0.25, 0.3) is 0 Å². The number of benzene rings is 1. The van der Waals surface area contributed by atoms with Crippen LogP contribution in [-0.2, 0) is 21.2 Å². The van der Waals surface area contributed by atoms with E-state index >= 15 is 0 Å². The number of rotatable bonds is 5. The van der Waals surface area contributed by atoms with Crippen molar-refractivity contribution < 1.29 is 17.9 Å². The van der Waals surface area contributed by atoms with Gasteiger partial charge in [0.25, 0.3) is 5.91 Å². The Morgan fingerprint density at radius 1 is 1.43 bits per heavy atom. The molecule has 0 aromatic heterocycles. The highest BCUT2D eigenvalue weighted by Gasteiger charge is 2.19. The van der Waals surface area contributed by atoms with Crippen LogP contribution in [0.3, 0.4) is 0 Å². The highest BCUT2D eigenvalue weighted by molar-refractivity contribution is 7.92. The SMILES string of the molecule is CNC(=O)COc1ccc(NS(C)(=O)=O)c2c1NCCC2. The monoisotopic (exact) mass is 313 g/mol. The van der Waals surface area contributed by atoms with Gasteiger partial charge in [0, 0.05) is 19.2 Å². The fraction of sp³-hybridized carbons (Fsp3) is 0.462. The van der Waals surface area contributed by atoms with E-state index in [1.54, 1.807) is 19.2 Å². The van der Waals surface area contributed by atoms with Crippen molar-refractivity contribution >= 4 is 27.3 Å². The molecule has 3 N–H and O–H groups in total. The van der Waals surface area contributed by atoms with Gasteiger partial charge in [-0.2, -0.15) is 0 Å². The van der Waals surface area contributed by atoms with Gasteiger partial charge in [0.1, 0.15) is 5.75 Å². The van der Waals surface area contributed by atoms with E-state index in [9.17, 15) is 13.2 Å². The maximum Gasteiger partial charge on any atom is 0.257 e. The van der Waals surface area contributed by atoms with Gasteiger partial charge in [-0.3, -0.25) is 9.52 Å². The van der Waals surface area contributed by atoms with Crippen molar-refractivity contribution in [1.29, 1.82) is 0 Å². The molecule has 7 nitrogen and oxygen atoms in total. The molecule has 8 heteroatoms. The number of ether oxygens (including phenoxy) is 1. The predicted molar refractivity (Wildman–Crippen MR) is 81.3 cm³/mol.